The number of amides is 2. The van der Waals surface area contributed by atoms with E-state index in [1.807, 2.05) is 4.90 Å². The first kappa shape index (κ1) is 15.9. The highest BCUT2D eigenvalue weighted by Gasteiger charge is 2.27. The quantitative estimate of drug-likeness (QED) is 0.868. The van der Waals surface area contributed by atoms with Gasteiger partial charge in [0.1, 0.15) is 0 Å². The third kappa shape index (κ3) is 3.66. The molecule has 1 aromatic carbocycles. The zero-order valence-electron chi connectivity index (χ0n) is 12.3. The van der Waals surface area contributed by atoms with Gasteiger partial charge in [0.25, 0.3) is 0 Å². The molecule has 2 N–H and O–H groups in total. The molecule has 7 heteroatoms. The predicted molar refractivity (Wildman–Crippen MR) is 89.9 cm³/mol. The van der Waals surface area contributed by atoms with Gasteiger partial charge < -0.3 is 15.5 Å². The van der Waals surface area contributed by atoms with Crippen LogP contribution in [0.1, 0.15) is 6.42 Å². The molecule has 0 bridgehead atoms. The minimum absolute atomic E-state index is 0.0809. The van der Waals surface area contributed by atoms with Crippen molar-refractivity contribution in [3.05, 3.63) is 28.2 Å². The van der Waals surface area contributed by atoms with Crippen LogP contribution in [-0.2, 0) is 0 Å². The van der Waals surface area contributed by atoms with Gasteiger partial charge in [-0.1, -0.05) is 23.2 Å². The molecule has 120 valence electrons. The van der Waals surface area contributed by atoms with Crippen molar-refractivity contribution in [3.63, 3.8) is 0 Å². The lowest BCUT2D eigenvalue weighted by molar-refractivity contribution is 0.119. The van der Waals surface area contributed by atoms with E-state index in [0.29, 0.717) is 21.8 Å². The number of hydrogen-bond acceptors (Lipinski definition) is 3. The van der Waals surface area contributed by atoms with Crippen LogP contribution in [0.15, 0.2) is 18.2 Å². The highest BCUT2D eigenvalue weighted by molar-refractivity contribution is 6.42. The molecule has 2 aliphatic heterocycles. The summed E-state index contributed by atoms with van der Waals surface area (Å²) in [6, 6.07) is 5.65. The van der Waals surface area contributed by atoms with Crippen LogP contribution in [0, 0.1) is 0 Å². The Morgan fingerprint density at radius 1 is 1.18 bits per heavy atom. The van der Waals surface area contributed by atoms with Gasteiger partial charge in [-0.05, 0) is 31.2 Å². The van der Waals surface area contributed by atoms with Gasteiger partial charge in [0, 0.05) is 44.5 Å². The third-order valence-electron chi connectivity index (χ3n) is 4.32. The zero-order chi connectivity index (χ0) is 15.5. The van der Waals surface area contributed by atoms with Crippen molar-refractivity contribution in [2.45, 2.75) is 12.5 Å². The standard InChI is InChI=1S/C15H20Cl2N4O/c16-13-2-1-11(9-14(13)17)19-15(22)21-7-5-20(6-8-21)12-3-4-18-10-12/h1-2,9,12,18H,3-8,10H2,(H,19,22). The zero-order valence-corrected chi connectivity index (χ0v) is 13.8. The summed E-state index contributed by atoms with van der Waals surface area (Å²) in [5.41, 5.74) is 0.668. The van der Waals surface area contributed by atoms with Gasteiger partial charge in [-0.25, -0.2) is 4.79 Å². The average molecular weight is 343 g/mol. The Labute approximate surface area is 140 Å². The Bertz CT molecular complexity index is 540. The number of carbonyl (C=O) groups excluding carboxylic acids is 1. The minimum Gasteiger partial charge on any atom is -0.322 e. The van der Waals surface area contributed by atoms with Crippen LogP contribution < -0.4 is 10.6 Å². The van der Waals surface area contributed by atoms with Crippen LogP contribution in [0.3, 0.4) is 0 Å². The molecule has 0 aromatic heterocycles. The van der Waals surface area contributed by atoms with E-state index in [4.69, 9.17) is 23.2 Å². The second-order valence-electron chi connectivity index (χ2n) is 5.73. The fraction of sp³-hybridized carbons (Fsp3) is 0.533. The highest BCUT2D eigenvalue weighted by atomic mass is 35.5. The smallest absolute Gasteiger partial charge is 0.321 e. The van der Waals surface area contributed by atoms with Gasteiger partial charge >= 0.3 is 6.03 Å². The maximum Gasteiger partial charge on any atom is 0.321 e. The van der Waals surface area contributed by atoms with Crippen LogP contribution in [0.4, 0.5) is 10.5 Å². The molecule has 0 saturated carbocycles. The molecule has 0 aliphatic carbocycles. The number of hydrogen-bond donors (Lipinski definition) is 2. The van der Waals surface area contributed by atoms with E-state index in [1.54, 1.807) is 18.2 Å². The Morgan fingerprint density at radius 2 is 1.95 bits per heavy atom. The van der Waals surface area contributed by atoms with Crippen molar-refractivity contribution >= 4 is 34.9 Å². The first-order chi connectivity index (χ1) is 10.6. The molecule has 2 amide bonds. The molecule has 2 aliphatic rings. The summed E-state index contributed by atoms with van der Waals surface area (Å²) >= 11 is 11.8. The molecule has 0 spiro atoms. The van der Waals surface area contributed by atoms with E-state index in [9.17, 15) is 4.79 Å². The molecule has 1 atom stereocenters. The lowest BCUT2D eigenvalue weighted by Gasteiger charge is -2.37. The second kappa shape index (κ2) is 7.04. The summed E-state index contributed by atoms with van der Waals surface area (Å²) in [5, 5.41) is 7.19. The number of halogens is 2. The van der Waals surface area contributed by atoms with Crippen LogP contribution in [0.25, 0.3) is 0 Å². The maximum absolute atomic E-state index is 12.3. The maximum atomic E-state index is 12.3. The largest absolute Gasteiger partial charge is 0.322 e. The van der Waals surface area contributed by atoms with Gasteiger partial charge in [-0.2, -0.15) is 0 Å². The molecule has 5 nitrogen and oxygen atoms in total. The molecule has 2 fully saturated rings. The van der Waals surface area contributed by atoms with Crippen LogP contribution in [0.5, 0.6) is 0 Å². The van der Waals surface area contributed by atoms with Crippen molar-refractivity contribution in [2.24, 2.45) is 0 Å². The van der Waals surface area contributed by atoms with E-state index in [-0.39, 0.29) is 6.03 Å². The summed E-state index contributed by atoms with van der Waals surface area (Å²) in [7, 11) is 0. The average Bonchev–Trinajstić information content (AvgIpc) is 3.05. The van der Waals surface area contributed by atoms with E-state index in [1.165, 1.54) is 6.42 Å². The van der Waals surface area contributed by atoms with Crippen molar-refractivity contribution in [1.82, 2.24) is 15.1 Å². The SMILES string of the molecule is O=C(Nc1ccc(Cl)c(Cl)c1)N1CCN(C2CCNC2)CC1. The highest BCUT2D eigenvalue weighted by Crippen LogP contribution is 2.25. The van der Waals surface area contributed by atoms with Crippen molar-refractivity contribution in [1.29, 1.82) is 0 Å². The number of benzene rings is 1. The van der Waals surface area contributed by atoms with Crippen LogP contribution >= 0.6 is 23.2 Å². The van der Waals surface area contributed by atoms with E-state index in [0.717, 1.165) is 39.3 Å². The normalized spacial score (nSPS) is 22.8. The molecular weight excluding hydrogens is 323 g/mol. The van der Waals surface area contributed by atoms with Gasteiger partial charge in [0.2, 0.25) is 0 Å². The predicted octanol–water partition coefficient (Wildman–Crippen LogP) is 2.50. The van der Waals surface area contributed by atoms with Crippen LogP contribution in [0.2, 0.25) is 10.0 Å². The number of nitrogens with one attached hydrogen (secondary N) is 2. The van der Waals surface area contributed by atoms with Gasteiger partial charge in [-0.15, -0.1) is 0 Å². The molecule has 2 heterocycles. The van der Waals surface area contributed by atoms with E-state index < -0.39 is 0 Å². The lowest BCUT2D eigenvalue weighted by Crippen LogP contribution is -2.53. The Hall–Kier alpha value is -1.01. The van der Waals surface area contributed by atoms with Crippen molar-refractivity contribution in [3.8, 4) is 0 Å². The third-order valence-corrected chi connectivity index (χ3v) is 5.06. The molecule has 3 rings (SSSR count). The molecule has 1 unspecified atom stereocenters. The summed E-state index contributed by atoms with van der Waals surface area (Å²) in [6.45, 7) is 5.54. The van der Waals surface area contributed by atoms with Crippen LogP contribution in [-0.4, -0.2) is 61.1 Å². The van der Waals surface area contributed by atoms with Crippen molar-refractivity contribution in [2.75, 3.05) is 44.6 Å². The molecule has 2 saturated heterocycles. The first-order valence-corrected chi connectivity index (χ1v) is 8.35. The number of anilines is 1. The summed E-state index contributed by atoms with van der Waals surface area (Å²) < 4.78 is 0. The van der Waals surface area contributed by atoms with Gasteiger partial charge in [0.15, 0.2) is 0 Å². The van der Waals surface area contributed by atoms with Gasteiger partial charge in [-0.3, -0.25) is 4.90 Å². The second-order valence-corrected chi connectivity index (χ2v) is 6.54. The molecule has 0 radical (unpaired) electrons. The topological polar surface area (TPSA) is 47.6 Å². The molecule has 22 heavy (non-hydrogen) atoms. The number of nitrogens with zero attached hydrogens (tertiary/aromatic N) is 2. The number of urea groups is 1. The summed E-state index contributed by atoms with van der Waals surface area (Å²) in [5.74, 6) is 0. The summed E-state index contributed by atoms with van der Waals surface area (Å²) in [6.07, 6.45) is 1.20. The monoisotopic (exact) mass is 342 g/mol. The Balaban J connectivity index is 1.52. The number of rotatable bonds is 2. The fourth-order valence-electron chi connectivity index (χ4n) is 3.02. The number of piperazine rings is 1. The molecular formula is C15H20Cl2N4O. The first-order valence-electron chi connectivity index (χ1n) is 7.59. The van der Waals surface area contributed by atoms with E-state index >= 15 is 0 Å². The fourth-order valence-corrected chi connectivity index (χ4v) is 3.32. The summed E-state index contributed by atoms with van der Waals surface area (Å²) in [4.78, 5) is 16.6. The van der Waals surface area contributed by atoms with Gasteiger partial charge in [0.05, 0.1) is 10.0 Å². The van der Waals surface area contributed by atoms with E-state index in [2.05, 4.69) is 15.5 Å². The molecule has 1 aromatic rings. The Kier molecular flexibility index (Phi) is 5.08. The lowest BCUT2D eigenvalue weighted by atomic mass is 10.2. The minimum atomic E-state index is -0.0809. The Morgan fingerprint density at radius 3 is 2.59 bits per heavy atom. The van der Waals surface area contributed by atoms with Crippen molar-refractivity contribution < 1.29 is 4.79 Å². The number of carbonyl (C=O) groups is 1.